The Morgan fingerprint density at radius 2 is 1.75 bits per heavy atom. The molecule has 0 fully saturated rings. The molecule has 6 heteroatoms. The largest absolute Gasteiger partial charge is 0.371 e. The van der Waals surface area contributed by atoms with Crippen LogP contribution in [0.25, 0.3) is 0 Å². The monoisotopic (exact) mass is 288 g/mol. The van der Waals surface area contributed by atoms with E-state index in [0.717, 1.165) is 25.0 Å². The number of halogens is 3. The molecule has 0 radical (unpaired) electrons. The van der Waals surface area contributed by atoms with Gasteiger partial charge in [-0.05, 0) is 31.9 Å². The summed E-state index contributed by atoms with van der Waals surface area (Å²) in [5, 5.41) is 5.33. The fourth-order valence-corrected chi connectivity index (χ4v) is 1.76. The molecule has 0 saturated heterocycles. The maximum atomic E-state index is 13.5. The van der Waals surface area contributed by atoms with Crippen molar-refractivity contribution in [2.45, 2.75) is 45.7 Å². The first-order valence-corrected chi connectivity index (χ1v) is 6.61. The van der Waals surface area contributed by atoms with E-state index in [1.54, 1.807) is 0 Å². The molecule has 0 aromatic heterocycles. The molecule has 0 spiro atoms. The molecule has 2 N–H and O–H groups in total. The Hall–Kier alpha value is -1.72. The van der Waals surface area contributed by atoms with E-state index < -0.39 is 23.5 Å². The number of carbonyl (C=O) groups excluding carboxylic acids is 1. The predicted molar refractivity (Wildman–Crippen MR) is 71.9 cm³/mol. The Balaban J connectivity index is 2.73. The van der Waals surface area contributed by atoms with Gasteiger partial charge in [-0.1, -0.05) is 13.8 Å². The first-order chi connectivity index (χ1) is 9.40. The van der Waals surface area contributed by atoms with Gasteiger partial charge in [-0.3, -0.25) is 4.79 Å². The number of rotatable bonds is 6. The molecule has 0 aliphatic heterocycles. The number of benzene rings is 1. The molecule has 1 rings (SSSR count). The van der Waals surface area contributed by atoms with Gasteiger partial charge in [0.25, 0.3) is 0 Å². The first-order valence-electron chi connectivity index (χ1n) is 6.61. The average Bonchev–Trinajstić information content (AvgIpc) is 2.44. The van der Waals surface area contributed by atoms with Crippen LogP contribution in [0.5, 0.6) is 0 Å². The predicted octanol–water partition coefficient (Wildman–Crippen LogP) is 3.21. The summed E-state index contributed by atoms with van der Waals surface area (Å²) in [6, 6.07) is 1.16. The lowest BCUT2D eigenvalue weighted by Gasteiger charge is -2.20. The first kappa shape index (κ1) is 16.3. The molecule has 1 aromatic carbocycles. The van der Waals surface area contributed by atoms with E-state index in [-0.39, 0.29) is 17.6 Å². The molecule has 0 aliphatic rings. The van der Waals surface area contributed by atoms with Crippen molar-refractivity contribution in [3.63, 3.8) is 0 Å². The van der Waals surface area contributed by atoms with Crippen molar-refractivity contribution in [3.05, 3.63) is 29.6 Å². The van der Waals surface area contributed by atoms with Gasteiger partial charge in [0.1, 0.15) is 6.04 Å². The molecule has 0 heterocycles. The molecule has 1 atom stereocenters. The Morgan fingerprint density at radius 3 is 2.30 bits per heavy atom. The lowest BCUT2D eigenvalue weighted by molar-refractivity contribution is -0.122. The highest BCUT2D eigenvalue weighted by atomic mass is 19.2. The third-order valence-corrected chi connectivity index (χ3v) is 3.13. The van der Waals surface area contributed by atoms with E-state index in [1.807, 2.05) is 13.8 Å². The number of nitrogens with one attached hydrogen (secondary N) is 2. The van der Waals surface area contributed by atoms with Crippen molar-refractivity contribution in [3.8, 4) is 0 Å². The molecule has 112 valence electrons. The molecule has 1 unspecified atom stereocenters. The van der Waals surface area contributed by atoms with E-state index >= 15 is 0 Å². The van der Waals surface area contributed by atoms with Crippen LogP contribution in [0.1, 0.15) is 33.6 Å². The molecule has 1 amide bonds. The van der Waals surface area contributed by atoms with Gasteiger partial charge in [0.2, 0.25) is 5.91 Å². The van der Waals surface area contributed by atoms with Gasteiger partial charge in [-0.15, -0.1) is 0 Å². The lowest BCUT2D eigenvalue weighted by atomic mass is 10.1. The van der Waals surface area contributed by atoms with Gasteiger partial charge in [0.15, 0.2) is 17.5 Å². The molecular weight excluding hydrogens is 269 g/mol. The van der Waals surface area contributed by atoms with Crippen LogP contribution in [0.2, 0.25) is 0 Å². The highest BCUT2D eigenvalue weighted by Crippen LogP contribution is 2.20. The molecule has 1 aromatic rings. The standard InChI is InChI=1S/C14H19F3N2O/c1-4-9(5-2)19-14(20)8(3)18-11-7-6-10(15)12(16)13(11)17/h6-9,18H,4-5H2,1-3H3,(H,19,20). The Kier molecular flexibility index (Phi) is 5.85. The van der Waals surface area contributed by atoms with Crippen LogP contribution in [0.3, 0.4) is 0 Å². The summed E-state index contributed by atoms with van der Waals surface area (Å²) in [5.74, 6) is -4.46. The van der Waals surface area contributed by atoms with Gasteiger partial charge < -0.3 is 10.6 Å². The summed E-state index contributed by atoms with van der Waals surface area (Å²) >= 11 is 0. The van der Waals surface area contributed by atoms with E-state index in [1.165, 1.54) is 6.92 Å². The second-order valence-corrected chi connectivity index (χ2v) is 4.61. The van der Waals surface area contributed by atoms with E-state index in [0.29, 0.717) is 0 Å². The minimum atomic E-state index is -1.55. The number of hydrogen-bond donors (Lipinski definition) is 2. The van der Waals surface area contributed by atoms with Gasteiger partial charge in [-0.25, -0.2) is 13.2 Å². The lowest BCUT2D eigenvalue weighted by Crippen LogP contribution is -2.43. The smallest absolute Gasteiger partial charge is 0.242 e. The fraction of sp³-hybridized carbons (Fsp3) is 0.500. The highest BCUT2D eigenvalue weighted by molar-refractivity contribution is 5.84. The average molecular weight is 288 g/mol. The second-order valence-electron chi connectivity index (χ2n) is 4.61. The zero-order valence-electron chi connectivity index (χ0n) is 11.8. The molecule has 0 saturated carbocycles. The molecule has 0 bridgehead atoms. The van der Waals surface area contributed by atoms with Crippen LogP contribution in [0.15, 0.2) is 12.1 Å². The zero-order valence-corrected chi connectivity index (χ0v) is 11.8. The van der Waals surface area contributed by atoms with Gasteiger partial charge in [0, 0.05) is 6.04 Å². The maximum Gasteiger partial charge on any atom is 0.242 e. The van der Waals surface area contributed by atoms with E-state index in [2.05, 4.69) is 10.6 Å². The molecule has 20 heavy (non-hydrogen) atoms. The van der Waals surface area contributed by atoms with E-state index in [4.69, 9.17) is 0 Å². The third kappa shape index (κ3) is 3.88. The number of hydrogen-bond acceptors (Lipinski definition) is 2. The van der Waals surface area contributed by atoms with Gasteiger partial charge >= 0.3 is 0 Å². The molecular formula is C14H19F3N2O. The normalized spacial score (nSPS) is 12.3. The minimum Gasteiger partial charge on any atom is -0.371 e. The zero-order chi connectivity index (χ0) is 15.3. The number of carbonyl (C=O) groups is 1. The fourth-order valence-electron chi connectivity index (χ4n) is 1.76. The van der Waals surface area contributed by atoms with Crippen LogP contribution in [-0.2, 0) is 4.79 Å². The number of amides is 1. The van der Waals surface area contributed by atoms with Crippen LogP contribution in [0, 0.1) is 17.5 Å². The Labute approximate surface area is 116 Å². The van der Waals surface area contributed by atoms with Crippen molar-refractivity contribution in [1.82, 2.24) is 5.32 Å². The minimum absolute atomic E-state index is 0.0431. The van der Waals surface area contributed by atoms with Crippen LogP contribution in [0.4, 0.5) is 18.9 Å². The molecule has 3 nitrogen and oxygen atoms in total. The van der Waals surface area contributed by atoms with Crippen LogP contribution < -0.4 is 10.6 Å². The summed E-state index contributed by atoms with van der Waals surface area (Å²) in [7, 11) is 0. The van der Waals surface area contributed by atoms with Crippen LogP contribution in [-0.4, -0.2) is 18.0 Å². The van der Waals surface area contributed by atoms with Gasteiger partial charge in [0.05, 0.1) is 5.69 Å². The summed E-state index contributed by atoms with van der Waals surface area (Å²) in [5.41, 5.74) is -0.240. The topological polar surface area (TPSA) is 41.1 Å². The summed E-state index contributed by atoms with van der Waals surface area (Å²) < 4.78 is 39.3. The summed E-state index contributed by atoms with van der Waals surface area (Å²) in [6.45, 7) is 5.42. The molecule has 0 aliphatic carbocycles. The highest BCUT2D eigenvalue weighted by Gasteiger charge is 2.19. The van der Waals surface area contributed by atoms with Crippen molar-refractivity contribution >= 4 is 11.6 Å². The maximum absolute atomic E-state index is 13.5. The van der Waals surface area contributed by atoms with Crippen molar-refractivity contribution < 1.29 is 18.0 Å². The van der Waals surface area contributed by atoms with Crippen molar-refractivity contribution in [2.75, 3.05) is 5.32 Å². The summed E-state index contributed by atoms with van der Waals surface area (Å²) in [6.07, 6.45) is 1.57. The third-order valence-electron chi connectivity index (χ3n) is 3.13. The SMILES string of the molecule is CCC(CC)NC(=O)C(C)Nc1ccc(F)c(F)c1F. The Morgan fingerprint density at radius 1 is 1.15 bits per heavy atom. The van der Waals surface area contributed by atoms with Crippen LogP contribution >= 0.6 is 0 Å². The van der Waals surface area contributed by atoms with Crippen molar-refractivity contribution in [2.24, 2.45) is 0 Å². The van der Waals surface area contributed by atoms with E-state index in [9.17, 15) is 18.0 Å². The van der Waals surface area contributed by atoms with Crippen molar-refractivity contribution in [1.29, 1.82) is 0 Å². The van der Waals surface area contributed by atoms with Gasteiger partial charge in [-0.2, -0.15) is 0 Å². The summed E-state index contributed by atoms with van der Waals surface area (Å²) in [4.78, 5) is 11.9. The number of anilines is 1. The Bertz CT molecular complexity index is 476. The second kappa shape index (κ2) is 7.17. The quantitative estimate of drug-likeness (QED) is 0.789.